The van der Waals surface area contributed by atoms with Crippen molar-refractivity contribution in [2.75, 3.05) is 0 Å². The molecule has 1 heterocycles. The van der Waals surface area contributed by atoms with Gasteiger partial charge in [-0.1, -0.05) is 32.1 Å². The molecule has 0 radical (unpaired) electrons. The van der Waals surface area contributed by atoms with Gasteiger partial charge in [-0.25, -0.2) is 14.4 Å². The summed E-state index contributed by atoms with van der Waals surface area (Å²) in [5.74, 6) is 0.472. The van der Waals surface area contributed by atoms with Crippen LogP contribution in [0.5, 0.6) is 0 Å². The Morgan fingerprint density at radius 1 is 1.25 bits per heavy atom. The minimum atomic E-state index is -0.293. The normalized spacial score (nSPS) is 17.6. The van der Waals surface area contributed by atoms with Crippen LogP contribution in [0.25, 0.3) is 0 Å². The largest absolute Gasteiger partial charge is 0.238 e. The maximum atomic E-state index is 13.6. The topological polar surface area (TPSA) is 25.8 Å². The highest BCUT2D eigenvalue weighted by atomic mass is 79.9. The maximum Gasteiger partial charge on any atom is 0.177 e. The highest BCUT2D eigenvalue weighted by molar-refractivity contribution is 9.10. The van der Waals surface area contributed by atoms with Gasteiger partial charge in [-0.2, -0.15) is 0 Å². The van der Waals surface area contributed by atoms with Crippen LogP contribution in [0, 0.1) is 11.7 Å². The smallest absolute Gasteiger partial charge is 0.177 e. The first-order valence-corrected chi connectivity index (χ1v) is 6.71. The van der Waals surface area contributed by atoms with Crippen LogP contribution in [0.2, 0.25) is 0 Å². The lowest BCUT2D eigenvalue weighted by atomic mass is 9.86. The Labute approximate surface area is 104 Å². The number of hydrogen-bond acceptors (Lipinski definition) is 2. The van der Waals surface area contributed by atoms with Gasteiger partial charge < -0.3 is 0 Å². The summed E-state index contributed by atoms with van der Waals surface area (Å²) in [5.41, 5.74) is 0.549. The van der Waals surface area contributed by atoms with Gasteiger partial charge in [0.05, 0.1) is 5.69 Å². The van der Waals surface area contributed by atoms with Gasteiger partial charge in [0, 0.05) is 0 Å². The minimum Gasteiger partial charge on any atom is -0.238 e. The van der Waals surface area contributed by atoms with Crippen LogP contribution in [0.15, 0.2) is 10.9 Å². The number of halogens is 2. The Morgan fingerprint density at radius 2 is 2.00 bits per heavy atom. The van der Waals surface area contributed by atoms with Crippen LogP contribution in [0.1, 0.15) is 44.2 Å². The predicted octanol–water partition coefficient (Wildman–Crippen LogP) is 3.89. The van der Waals surface area contributed by atoms with Crippen molar-refractivity contribution in [3.8, 4) is 0 Å². The molecule has 1 aliphatic carbocycles. The fourth-order valence-corrected chi connectivity index (χ4v) is 2.69. The van der Waals surface area contributed by atoms with E-state index in [9.17, 15) is 4.39 Å². The van der Waals surface area contributed by atoms with E-state index in [2.05, 4.69) is 25.9 Å². The molecule has 1 saturated carbocycles. The van der Waals surface area contributed by atoms with Gasteiger partial charge in [-0.05, 0) is 34.7 Å². The van der Waals surface area contributed by atoms with Crippen molar-refractivity contribution in [1.82, 2.24) is 9.97 Å². The molecular formula is C12H16BrFN2. The summed E-state index contributed by atoms with van der Waals surface area (Å²) in [5, 5.41) is 0. The molecule has 1 aliphatic rings. The van der Waals surface area contributed by atoms with Gasteiger partial charge in [0.2, 0.25) is 0 Å². The van der Waals surface area contributed by atoms with Crippen molar-refractivity contribution in [3.63, 3.8) is 0 Å². The zero-order valence-electron chi connectivity index (χ0n) is 9.25. The molecule has 0 aliphatic heterocycles. The van der Waals surface area contributed by atoms with Crippen molar-refractivity contribution < 1.29 is 4.39 Å². The second kappa shape index (κ2) is 5.71. The Balaban J connectivity index is 1.91. The summed E-state index contributed by atoms with van der Waals surface area (Å²) in [6, 6.07) is 0. The highest BCUT2D eigenvalue weighted by Gasteiger charge is 2.15. The van der Waals surface area contributed by atoms with Crippen molar-refractivity contribution in [2.45, 2.75) is 44.9 Å². The third-order valence-corrected chi connectivity index (χ3v) is 3.89. The Kier molecular flexibility index (Phi) is 4.27. The van der Waals surface area contributed by atoms with E-state index in [0.29, 0.717) is 5.69 Å². The quantitative estimate of drug-likeness (QED) is 0.788. The van der Waals surface area contributed by atoms with Crippen LogP contribution in [0.4, 0.5) is 4.39 Å². The lowest BCUT2D eigenvalue weighted by Gasteiger charge is -2.21. The highest BCUT2D eigenvalue weighted by Crippen LogP contribution is 2.27. The van der Waals surface area contributed by atoms with E-state index in [-0.39, 0.29) is 10.4 Å². The number of rotatable bonds is 3. The van der Waals surface area contributed by atoms with Gasteiger partial charge in [-0.3, -0.25) is 0 Å². The molecule has 2 rings (SSSR count). The van der Waals surface area contributed by atoms with E-state index in [1.54, 1.807) is 0 Å². The van der Waals surface area contributed by atoms with Crippen LogP contribution < -0.4 is 0 Å². The van der Waals surface area contributed by atoms with Gasteiger partial charge in [0.25, 0.3) is 0 Å². The second-order valence-corrected chi connectivity index (χ2v) is 5.22. The Hall–Kier alpha value is -0.510. The molecule has 0 spiro atoms. The summed E-state index contributed by atoms with van der Waals surface area (Å²) in [6.07, 6.45) is 9.84. The molecule has 1 aromatic heterocycles. The molecule has 2 nitrogen and oxygen atoms in total. The number of hydrogen-bond donors (Lipinski definition) is 0. The molecule has 0 unspecified atom stereocenters. The molecule has 0 amide bonds. The molecule has 0 N–H and O–H groups in total. The molecule has 0 aromatic carbocycles. The van der Waals surface area contributed by atoms with Gasteiger partial charge >= 0.3 is 0 Å². The predicted molar refractivity (Wildman–Crippen MR) is 64.6 cm³/mol. The minimum absolute atomic E-state index is 0.279. The Bertz CT molecular complexity index is 351. The third kappa shape index (κ3) is 3.00. The van der Waals surface area contributed by atoms with E-state index < -0.39 is 0 Å². The molecule has 1 aromatic rings. The van der Waals surface area contributed by atoms with Crippen molar-refractivity contribution in [1.29, 1.82) is 0 Å². The summed E-state index contributed by atoms with van der Waals surface area (Å²) in [6.45, 7) is 0. The molecule has 16 heavy (non-hydrogen) atoms. The van der Waals surface area contributed by atoms with E-state index >= 15 is 0 Å². The average Bonchev–Trinajstić information content (AvgIpc) is 2.32. The monoisotopic (exact) mass is 286 g/mol. The zero-order valence-corrected chi connectivity index (χ0v) is 10.8. The average molecular weight is 287 g/mol. The standard InChI is InChI=1S/C12H16BrFN2/c13-12-11(14)10(15-8-16-12)7-6-9-4-2-1-3-5-9/h8-9H,1-7H2. The number of aromatic nitrogens is 2. The second-order valence-electron chi connectivity index (χ2n) is 4.47. The number of nitrogens with zero attached hydrogens (tertiary/aromatic N) is 2. The summed E-state index contributed by atoms with van der Waals surface area (Å²) in [7, 11) is 0. The van der Waals surface area contributed by atoms with Gasteiger partial charge in [0.15, 0.2) is 5.82 Å². The molecule has 0 bridgehead atoms. The molecule has 0 atom stereocenters. The summed E-state index contributed by atoms with van der Waals surface area (Å²) < 4.78 is 13.9. The fraction of sp³-hybridized carbons (Fsp3) is 0.667. The summed E-state index contributed by atoms with van der Waals surface area (Å²) >= 11 is 3.09. The van der Waals surface area contributed by atoms with Crippen molar-refractivity contribution in [2.24, 2.45) is 5.92 Å². The first-order valence-electron chi connectivity index (χ1n) is 5.92. The van der Waals surface area contributed by atoms with Gasteiger partial charge in [-0.15, -0.1) is 0 Å². The van der Waals surface area contributed by atoms with Crippen LogP contribution in [-0.4, -0.2) is 9.97 Å². The van der Waals surface area contributed by atoms with Crippen molar-refractivity contribution >= 4 is 15.9 Å². The molecule has 0 saturated heterocycles. The van der Waals surface area contributed by atoms with Crippen LogP contribution in [-0.2, 0) is 6.42 Å². The summed E-state index contributed by atoms with van der Waals surface area (Å²) in [4.78, 5) is 7.77. The van der Waals surface area contributed by atoms with Crippen LogP contribution >= 0.6 is 15.9 Å². The van der Waals surface area contributed by atoms with Crippen molar-refractivity contribution in [3.05, 3.63) is 22.4 Å². The van der Waals surface area contributed by atoms with E-state index in [0.717, 1.165) is 18.8 Å². The number of aryl methyl sites for hydroxylation is 1. The molecule has 88 valence electrons. The molecule has 1 fully saturated rings. The lowest BCUT2D eigenvalue weighted by molar-refractivity contribution is 0.336. The first-order chi connectivity index (χ1) is 7.77. The van der Waals surface area contributed by atoms with Crippen LogP contribution in [0.3, 0.4) is 0 Å². The third-order valence-electron chi connectivity index (χ3n) is 3.33. The first kappa shape index (κ1) is 12.0. The molecule has 4 heteroatoms. The fourth-order valence-electron chi connectivity index (χ4n) is 2.37. The maximum absolute atomic E-state index is 13.6. The zero-order chi connectivity index (χ0) is 11.4. The molecular weight excluding hydrogens is 271 g/mol. The van der Waals surface area contributed by atoms with Gasteiger partial charge in [0.1, 0.15) is 10.9 Å². The van der Waals surface area contributed by atoms with E-state index in [1.807, 2.05) is 0 Å². The SMILES string of the molecule is Fc1c(Br)ncnc1CCC1CCCCC1. The Morgan fingerprint density at radius 3 is 2.75 bits per heavy atom. The van der Waals surface area contributed by atoms with E-state index in [1.165, 1.54) is 38.4 Å². The van der Waals surface area contributed by atoms with E-state index in [4.69, 9.17) is 0 Å². The lowest BCUT2D eigenvalue weighted by Crippen LogP contribution is -2.09.